The molecule has 1 nitrogen and oxygen atoms in total. The van der Waals surface area contributed by atoms with E-state index < -0.39 is 0 Å². The molecule has 2 aliphatic carbocycles. The fourth-order valence-corrected chi connectivity index (χ4v) is 2.72. The lowest BCUT2D eigenvalue weighted by Gasteiger charge is -2.46. The third-order valence-electron chi connectivity index (χ3n) is 4.23. The second-order valence-corrected chi connectivity index (χ2v) is 5.42. The Balaban J connectivity index is 1.76. The smallest absolute Gasteiger partial charge is 0.0101 e. The van der Waals surface area contributed by atoms with Gasteiger partial charge in [-0.25, -0.2) is 0 Å². The minimum atomic E-state index is 0.853. The summed E-state index contributed by atoms with van der Waals surface area (Å²) < 4.78 is 0. The maximum Gasteiger partial charge on any atom is 0.0101 e. The van der Waals surface area contributed by atoms with Crippen LogP contribution in [0.1, 0.15) is 46.5 Å². The Morgan fingerprint density at radius 1 is 1.00 bits per heavy atom. The largest absolute Gasteiger partial charge is 0.311 e. The van der Waals surface area contributed by atoms with E-state index in [1.54, 1.807) is 0 Å². The Kier molecular flexibility index (Phi) is 2.64. The van der Waals surface area contributed by atoms with Gasteiger partial charge in [-0.1, -0.05) is 20.8 Å². The van der Waals surface area contributed by atoms with Crippen LogP contribution in [0.15, 0.2) is 0 Å². The molecule has 76 valence electrons. The zero-order valence-corrected chi connectivity index (χ0v) is 9.22. The van der Waals surface area contributed by atoms with Crippen molar-refractivity contribution in [2.75, 3.05) is 0 Å². The minimum Gasteiger partial charge on any atom is -0.311 e. The molecule has 2 saturated carbocycles. The standard InChI is InChI=1S/C12H23N/c1-8(2)10-5-7-12(10)13-11-6-4-9(11)3/h8-13H,4-7H2,1-3H3. The number of hydrogen-bond acceptors (Lipinski definition) is 1. The van der Waals surface area contributed by atoms with Crippen molar-refractivity contribution in [3.63, 3.8) is 0 Å². The van der Waals surface area contributed by atoms with Crippen LogP contribution in [0.25, 0.3) is 0 Å². The minimum absolute atomic E-state index is 0.853. The second kappa shape index (κ2) is 3.61. The predicted molar refractivity (Wildman–Crippen MR) is 56.7 cm³/mol. The van der Waals surface area contributed by atoms with Gasteiger partial charge < -0.3 is 5.32 Å². The molecule has 1 N–H and O–H groups in total. The molecule has 0 radical (unpaired) electrons. The lowest BCUT2D eigenvalue weighted by molar-refractivity contribution is 0.103. The van der Waals surface area contributed by atoms with Crippen molar-refractivity contribution in [1.29, 1.82) is 0 Å². The summed E-state index contributed by atoms with van der Waals surface area (Å²) in [5.74, 6) is 2.78. The summed E-state index contributed by atoms with van der Waals surface area (Å²) in [6.07, 6.45) is 5.74. The van der Waals surface area contributed by atoms with Crippen molar-refractivity contribution in [1.82, 2.24) is 5.32 Å². The normalized spacial score (nSPS) is 44.3. The molecule has 0 amide bonds. The topological polar surface area (TPSA) is 12.0 Å². The summed E-state index contributed by atoms with van der Waals surface area (Å²) in [5.41, 5.74) is 0. The van der Waals surface area contributed by atoms with Gasteiger partial charge in [0.15, 0.2) is 0 Å². The first-order valence-corrected chi connectivity index (χ1v) is 5.94. The van der Waals surface area contributed by atoms with Crippen LogP contribution < -0.4 is 5.32 Å². The van der Waals surface area contributed by atoms with Gasteiger partial charge in [-0.15, -0.1) is 0 Å². The lowest BCUT2D eigenvalue weighted by Crippen LogP contribution is -2.54. The highest BCUT2D eigenvalue weighted by Crippen LogP contribution is 2.36. The molecule has 2 rings (SSSR count). The summed E-state index contributed by atoms with van der Waals surface area (Å²) in [4.78, 5) is 0. The van der Waals surface area contributed by atoms with E-state index in [0.717, 1.165) is 29.8 Å². The van der Waals surface area contributed by atoms with E-state index in [9.17, 15) is 0 Å². The Bertz CT molecular complexity index is 176. The highest BCUT2D eigenvalue weighted by molar-refractivity contribution is 4.94. The van der Waals surface area contributed by atoms with Crippen LogP contribution in [-0.2, 0) is 0 Å². The fraction of sp³-hybridized carbons (Fsp3) is 1.00. The van der Waals surface area contributed by atoms with Crippen LogP contribution in [0.4, 0.5) is 0 Å². The van der Waals surface area contributed by atoms with Crippen LogP contribution in [0.2, 0.25) is 0 Å². The Morgan fingerprint density at radius 2 is 1.69 bits per heavy atom. The molecular weight excluding hydrogens is 158 g/mol. The molecule has 4 unspecified atom stereocenters. The molecule has 0 heterocycles. The maximum atomic E-state index is 3.83. The van der Waals surface area contributed by atoms with Crippen molar-refractivity contribution >= 4 is 0 Å². The number of rotatable bonds is 3. The van der Waals surface area contributed by atoms with E-state index in [-0.39, 0.29) is 0 Å². The zero-order valence-electron chi connectivity index (χ0n) is 9.22. The Labute approximate surface area is 82.3 Å². The van der Waals surface area contributed by atoms with Gasteiger partial charge in [0, 0.05) is 12.1 Å². The maximum absolute atomic E-state index is 3.83. The van der Waals surface area contributed by atoms with Crippen LogP contribution in [0.5, 0.6) is 0 Å². The predicted octanol–water partition coefficient (Wildman–Crippen LogP) is 2.81. The van der Waals surface area contributed by atoms with Gasteiger partial charge in [-0.2, -0.15) is 0 Å². The van der Waals surface area contributed by atoms with E-state index in [4.69, 9.17) is 0 Å². The highest BCUT2D eigenvalue weighted by Gasteiger charge is 2.37. The van der Waals surface area contributed by atoms with E-state index >= 15 is 0 Å². The van der Waals surface area contributed by atoms with Gasteiger partial charge >= 0.3 is 0 Å². The molecule has 0 spiro atoms. The summed E-state index contributed by atoms with van der Waals surface area (Å²) >= 11 is 0. The molecule has 1 heteroatoms. The zero-order chi connectivity index (χ0) is 9.42. The van der Waals surface area contributed by atoms with Crippen LogP contribution >= 0.6 is 0 Å². The molecule has 0 bridgehead atoms. The monoisotopic (exact) mass is 181 g/mol. The molecule has 0 aliphatic heterocycles. The van der Waals surface area contributed by atoms with Crippen molar-refractivity contribution in [2.45, 2.75) is 58.5 Å². The Morgan fingerprint density at radius 3 is 2.00 bits per heavy atom. The van der Waals surface area contributed by atoms with Crippen molar-refractivity contribution in [3.05, 3.63) is 0 Å². The van der Waals surface area contributed by atoms with Crippen molar-refractivity contribution < 1.29 is 0 Å². The van der Waals surface area contributed by atoms with Gasteiger partial charge in [0.1, 0.15) is 0 Å². The molecule has 2 aliphatic rings. The van der Waals surface area contributed by atoms with E-state index in [1.807, 2.05) is 0 Å². The van der Waals surface area contributed by atoms with E-state index in [1.165, 1.54) is 25.7 Å². The lowest BCUT2D eigenvalue weighted by atomic mass is 9.71. The molecule has 0 saturated heterocycles. The number of hydrogen-bond donors (Lipinski definition) is 1. The van der Waals surface area contributed by atoms with Gasteiger partial charge in [0.25, 0.3) is 0 Å². The van der Waals surface area contributed by atoms with Crippen LogP contribution in [-0.4, -0.2) is 12.1 Å². The van der Waals surface area contributed by atoms with Gasteiger partial charge in [0.2, 0.25) is 0 Å². The van der Waals surface area contributed by atoms with Crippen molar-refractivity contribution in [3.8, 4) is 0 Å². The van der Waals surface area contributed by atoms with Crippen LogP contribution in [0, 0.1) is 17.8 Å². The Hall–Kier alpha value is -0.0400. The van der Waals surface area contributed by atoms with Gasteiger partial charge in [0.05, 0.1) is 0 Å². The molecule has 0 aromatic rings. The molecule has 2 fully saturated rings. The molecular formula is C12H23N. The van der Waals surface area contributed by atoms with E-state index in [0.29, 0.717) is 0 Å². The summed E-state index contributed by atoms with van der Waals surface area (Å²) in [7, 11) is 0. The van der Waals surface area contributed by atoms with Crippen molar-refractivity contribution in [2.24, 2.45) is 17.8 Å². The number of nitrogens with one attached hydrogen (secondary N) is 1. The van der Waals surface area contributed by atoms with Gasteiger partial charge in [-0.3, -0.25) is 0 Å². The average molecular weight is 181 g/mol. The first-order valence-electron chi connectivity index (χ1n) is 5.94. The highest BCUT2D eigenvalue weighted by atomic mass is 15.0. The first kappa shape index (κ1) is 9.51. The summed E-state index contributed by atoms with van der Waals surface area (Å²) in [6, 6.07) is 1.71. The van der Waals surface area contributed by atoms with Crippen LogP contribution in [0.3, 0.4) is 0 Å². The average Bonchev–Trinajstić information content (AvgIpc) is 1.99. The summed E-state index contributed by atoms with van der Waals surface area (Å²) in [6.45, 7) is 7.11. The third-order valence-corrected chi connectivity index (χ3v) is 4.23. The first-order chi connectivity index (χ1) is 6.18. The fourth-order valence-electron chi connectivity index (χ4n) is 2.72. The summed E-state index contributed by atoms with van der Waals surface area (Å²) in [5, 5.41) is 3.83. The van der Waals surface area contributed by atoms with E-state index in [2.05, 4.69) is 26.1 Å². The second-order valence-electron chi connectivity index (χ2n) is 5.42. The van der Waals surface area contributed by atoms with Gasteiger partial charge in [-0.05, 0) is 43.4 Å². The quantitative estimate of drug-likeness (QED) is 0.706. The molecule has 13 heavy (non-hydrogen) atoms. The molecule has 0 aromatic heterocycles. The molecule has 4 atom stereocenters. The third kappa shape index (κ3) is 1.76. The SMILES string of the molecule is CC(C)C1CCC1NC1CCC1C. The molecule has 0 aromatic carbocycles.